The van der Waals surface area contributed by atoms with Crippen LogP contribution in [0.4, 0.5) is 0 Å². The van der Waals surface area contributed by atoms with Crippen LogP contribution in [0.25, 0.3) is 0 Å². The lowest BCUT2D eigenvalue weighted by molar-refractivity contribution is 0.0621. The van der Waals surface area contributed by atoms with Crippen molar-refractivity contribution in [3.8, 4) is 0 Å². The molecule has 0 atom stereocenters. The topological polar surface area (TPSA) is 24.9 Å². The highest BCUT2D eigenvalue weighted by atomic mass is 127. The van der Waals surface area contributed by atoms with E-state index in [0.29, 0.717) is 0 Å². The Kier molecular flexibility index (Phi) is 4.54. The first kappa shape index (κ1) is 12.4. The van der Waals surface area contributed by atoms with Crippen LogP contribution in [0.15, 0.2) is 0 Å². The molecule has 0 amide bonds. The summed E-state index contributed by atoms with van der Waals surface area (Å²) in [6, 6.07) is 0. The first-order valence-electron chi connectivity index (χ1n) is 5.35. The van der Waals surface area contributed by atoms with Crippen LogP contribution in [0.5, 0.6) is 0 Å². The van der Waals surface area contributed by atoms with Crippen molar-refractivity contribution >= 4 is 28.8 Å². The molecular weight excluding hydrogens is 327 g/mol. The van der Waals surface area contributed by atoms with Gasteiger partial charge in [0.15, 0.2) is 0 Å². The molecule has 2 aliphatic heterocycles. The predicted molar refractivity (Wildman–Crippen MR) is 72.3 cm³/mol. The molecule has 6 heteroatoms. The van der Waals surface area contributed by atoms with Gasteiger partial charge in [0.05, 0.1) is 26.4 Å². The Morgan fingerprint density at radius 3 is 1.53 bits per heavy atom. The lowest BCUT2D eigenvalue weighted by atomic mass is 10.5. The Labute approximate surface area is 105 Å². The first-order chi connectivity index (χ1) is 7.21. The number of morpholine rings is 2. The SMILES string of the molecule is CS(I)(N1CCOCC1)N1CCOCC1. The second-order valence-electron chi connectivity index (χ2n) is 3.82. The average Bonchev–Trinajstić information content (AvgIpc) is 2.31. The summed E-state index contributed by atoms with van der Waals surface area (Å²) in [4.78, 5) is 0. The van der Waals surface area contributed by atoms with E-state index in [0.717, 1.165) is 52.6 Å². The molecule has 4 nitrogen and oxygen atoms in total. The second kappa shape index (κ2) is 5.50. The van der Waals surface area contributed by atoms with E-state index in [2.05, 4.69) is 36.1 Å². The van der Waals surface area contributed by atoms with Gasteiger partial charge in [-0.1, -0.05) is 7.57 Å². The molecule has 90 valence electrons. The summed E-state index contributed by atoms with van der Waals surface area (Å²) >= 11 is 2.64. The fourth-order valence-corrected chi connectivity index (χ4v) is 6.24. The number of nitrogens with zero attached hydrogens (tertiary/aromatic N) is 2. The molecule has 0 aromatic rings. The first-order valence-corrected chi connectivity index (χ1v) is 9.85. The zero-order chi connectivity index (χ0) is 10.7. The van der Waals surface area contributed by atoms with Crippen molar-refractivity contribution in [2.24, 2.45) is 0 Å². The molecule has 0 aliphatic carbocycles. The summed E-state index contributed by atoms with van der Waals surface area (Å²) in [6.45, 7) is 7.84. The van der Waals surface area contributed by atoms with E-state index >= 15 is 0 Å². The van der Waals surface area contributed by atoms with E-state index in [1.165, 1.54) is 0 Å². The van der Waals surface area contributed by atoms with Gasteiger partial charge in [0, 0.05) is 47.4 Å². The fraction of sp³-hybridized carbons (Fsp3) is 1.00. The van der Waals surface area contributed by atoms with Crippen molar-refractivity contribution < 1.29 is 9.47 Å². The monoisotopic (exact) mass is 346 g/mol. The number of halogens is 1. The number of hydrogen-bond donors (Lipinski definition) is 0. The van der Waals surface area contributed by atoms with E-state index in [1.807, 2.05) is 0 Å². The van der Waals surface area contributed by atoms with Gasteiger partial charge in [-0.2, -0.15) is 0 Å². The van der Waals surface area contributed by atoms with Crippen LogP contribution in [0, 0.1) is 0 Å². The van der Waals surface area contributed by atoms with Gasteiger partial charge in [0.1, 0.15) is 0 Å². The standard InChI is InChI=1S/C9H19IN2O2S/c1-15(10,11-2-6-13-7-3-11)12-4-8-14-9-5-12/h2-9H2,1H3. The molecule has 2 rings (SSSR count). The number of rotatable bonds is 2. The molecule has 0 aromatic carbocycles. The van der Waals surface area contributed by atoms with E-state index in [4.69, 9.17) is 9.47 Å². The van der Waals surface area contributed by atoms with Crippen LogP contribution >= 0.6 is 28.8 Å². The maximum absolute atomic E-state index is 5.41. The van der Waals surface area contributed by atoms with Crippen molar-refractivity contribution in [2.75, 3.05) is 58.9 Å². The fourth-order valence-electron chi connectivity index (χ4n) is 1.92. The second-order valence-corrected chi connectivity index (χ2v) is 11.3. The van der Waals surface area contributed by atoms with Gasteiger partial charge >= 0.3 is 0 Å². The Morgan fingerprint density at radius 1 is 0.867 bits per heavy atom. The summed E-state index contributed by atoms with van der Waals surface area (Å²) in [5.74, 6) is 0. The summed E-state index contributed by atoms with van der Waals surface area (Å²) in [5.41, 5.74) is 0. The third kappa shape index (κ3) is 2.98. The smallest absolute Gasteiger partial charge is 0.0603 e. The minimum Gasteiger partial charge on any atom is -0.379 e. The van der Waals surface area contributed by atoms with Crippen LogP contribution in [0.2, 0.25) is 0 Å². The van der Waals surface area contributed by atoms with Crippen LogP contribution in [-0.4, -0.2) is 67.5 Å². The summed E-state index contributed by atoms with van der Waals surface area (Å²) in [5, 5.41) is 0. The summed E-state index contributed by atoms with van der Waals surface area (Å²) in [6.07, 6.45) is 2.38. The van der Waals surface area contributed by atoms with Gasteiger partial charge in [-0.15, -0.1) is 0 Å². The van der Waals surface area contributed by atoms with Crippen molar-refractivity contribution in [2.45, 2.75) is 0 Å². The molecule has 0 spiro atoms. The zero-order valence-corrected chi connectivity index (χ0v) is 12.1. The zero-order valence-electron chi connectivity index (χ0n) is 9.15. The average molecular weight is 346 g/mol. The normalized spacial score (nSPS) is 27.9. The number of hydrogen-bond acceptors (Lipinski definition) is 4. The Bertz CT molecular complexity index is 186. The molecule has 0 N–H and O–H groups in total. The van der Waals surface area contributed by atoms with E-state index in [-0.39, 0.29) is 0 Å². The molecule has 0 saturated carbocycles. The molecule has 0 aromatic heterocycles. The van der Waals surface area contributed by atoms with Gasteiger partial charge in [-0.25, -0.2) is 8.61 Å². The van der Waals surface area contributed by atoms with Crippen LogP contribution in [0.1, 0.15) is 0 Å². The van der Waals surface area contributed by atoms with Crippen LogP contribution in [-0.2, 0) is 9.47 Å². The van der Waals surface area contributed by atoms with Crippen molar-refractivity contribution in [3.63, 3.8) is 0 Å². The largest absolute Gasteiger partial charge is 0.379 e. The van der Waals surface area contributed by atoms with Crippen LogP contribution < -0.4 is 0 Å². The Balaban J connectivity index is 1.96. The molecule has 0 unspecified atom stereocenters. The van der Waals surface area contributed by atoms with Crippen LogP contribution in [0.3, 0.4) is 0 Å². The Hall–Kier alpha value is 0.920. The summed E-state index contributed by atoms with van der Waals surface area (Å²) < 4.78 is 16.0. The van der Waals surface area contributed by atoms with Gasteiger partial charge < -0.3 is 9.47 Å². The molecule has 15 heavy (non-hydrogen) atoms. The Morgan fingerprint density at radius 2 is 1.20 bits per heavy atom. The van der Waals surface area contributed by atoms with Gasteiger partial charge in [-0.3, -0.25) is 0 Å². The quantitative estimate of drug-likeness (QED) is 0.703. The van der Waals surface area contributed by atoms with E-state index < -0.39 is 7.57 Å². The highest BCUT2D eigenvalue weighted by molar-refractivity contribution is 14.2. The highest BCUT2D eigenvalue weighted by Crippen LogP contribution is 2.59. The number of ether oxygens (including phenoxy) is 2. The minimum absolute atomic E-state index is 0.808. The van der Waals surface area contributed by atoms with E-state index in [9.17, 15) is 0 Å². The minimum atomic E-state index is -0.808. The van der Waals surface area contributed by atoms with Gasteiger partial charge in [0.2, 0.25) is 0 Å². The molecular formula is C9H19IN2O2S. The predicted octanol–water partition coefficient (Wildman–Crippen LogP) is 1.27. The maximum Gasteiger partial charge on any atom is 0.0603 e. The third-order valence-electron chi connectivity index (χ3n) is 2.88. The molecule has 2 fully saturated rings. The lowest BCUT2D eigenvalue weighted by Gasteiger charge is -2.51. The summed E-state index contributed by atoms with van der Waals surface area (Å²) in [7, 11) is -0.808. The van der Waals surface area contributed by atoms with E-state index in [1.54, 1.807) is 0 Å². The molecule has 0 bridgehead atoms. The molecule has 2 aliphatic rings. The third-order valence-corrected chi connectivity index (χ3v) is 8.84. The highest BCUT2D eigenvalue weighted by Gasteiger charge is 2.32. The molecule has 2 saturated heterocycles. The van der Waals surface area contributed by atoms with Crippen molar-refractivity contribution in [1.29, 1.82) is 0 Å². The molecule has 0 radical (unpaired) electrons. The lowest BCUT2D eigenvalue weighted by Crippen LogP contribution is -2.46. The van der Waals surface area contributed by atoms with Crippen molar-refractivity contribution in [1.82, 2.24) is 8.61 Å². The molecule has 2 heterocycles. The van der Waals surface area contributed by atoms with Crippen molar-refractivity contribution in [3.05, 3.63) is 0 Å². The maximum atomic E-state index is 5.41. The van der Waals surface area contributed by atoms with Gasteiger partial charge in [0.25, 0.3) is 0 Å². The van der Waals surface area contributed by atoms with Gasteiger partial charge in [-0.05, 0) is 6.26 Å².